The van der Waals surface area contributed by atoms with E-state index >= 15 is 0 Å². The standard InChI is InChI=1S/C33H30Cl2N2O5S/c1-5-40-32(39)29-20(4)36-33-37(30(29)25-11-6-7-12-27(25)42-19(2)3)31(38)28(43-33)17-22-16-24(35)13-14-26(22)41-18-21-9-8-10-23(34)15-21/h6-17,19,30H,5,18H2,1-4H3/b28-17-/t30-/m1/s1. The van der Waals surface area contributed by atoms with Gasteiger partial charge in [-0.1, -0.05) is 64.9 Å². The SMILES string of the molecule is CCOC(=O)C1=C(C)N=c2s/c(=C\c3cc(Cl)ccc3OCc3cccc(Cl)c3)c(=O)n2[C@@H]1c1ccccc1OC(C)C. The van der Waals surface area contributed by atoms with Crippen LogP contribution in [-0.4, -0.2) is 23.2 Å². The Kier molecular flexibility index (Phi) is 9.40. The number of rotatable bonds is 9. The van der Waals surface area contributed by atoms with Gasteiger partial charge in [0.1, 0.15) is 24.1 Å². The molecule has 1 aliphatic heterocycles. The molecule has 0 bridgehead atoms. The summed E-state index contributed by atoms with van der Waals surface area (Å²) in [7, 11) is 0. The van der Waals surface area contributed by atoms with Gasteiger partial charge < -0.3 is 14.2 Å². The molecule has 0 saturated heterocycles. The maximum Gasteiger partial charge on any atom is 0.338 e. The minimum absolute atomic E-state index is 0.124. The fraction of sp³-hybridized carbons (Fsp3) is 0.242. The summed E-state index contributed by atoms with van der Waals surface area (Å²) in [6.45, 7) is 7.80. The Morgan fingerprint density at radius 1 is 1.05 bits per heavy atom. The van der Waals surface area contributed by atoms with Crippen molar-refractivity contribution >= 4 is 46.6 Å². The molecule has 43 heavy (non-hydrogen) atoms. The lowest BCUT2D eigenvalue weighted by atomic mass is 9.95. The van der Waals surface area contributed by atoms with Crippen molar-refractivity contribution in [1.82, 2.24) is 4.57 Å². The zero-order chi connectivity index (χ0) is 30.7. The summed E-state index contributed by atoms with van der Waals surface area (Å²) in [6, 6.07) is 19.2. The van der Waals surface area contributed by atoms with Gasteiger partial charge in [-0.25, -0.2) is 9.79 Å². The fourth-order valence-corrected chi connectivity index (χ4v) is 6.28. The number of carbonyl (C=O) groups is 1. The van der Waals surface area contributed by atoms with E-state index in [4.69, 9.17) is 37.4 Å². The van der Waals surface area contributed by atoms with Crippen molar-refractivity contribution in [1.29, 1.82) is 0 Å². The molecule has 0 aliphatic carbocycles. The number of ether oxygens (including phenoxy) is 3. The van der Waals surface area contributed by atoms with Gasteiger partial charge >= 0.3 is 5.97 Å². The van der Waals surface area contributed by atoms with Gasteiger partial charge in [-0.05, 0) is 75.7 Å². The number of fused-ring (bicyclic) bond motifs is 1. The van der Waals surface area contributed by atoms with Crippen molar-refractivity contribution in [3.8, 4) is 11.5 Å². The fourth-order valence-electron chi connectivity index (χ4n) is 4.85. The van der Waals surface area contributed by atoms with E-state index in [9.17, 15) is 9.59 Å². The first-order valence-corrected chi connectivity index (χ1v) is 15.4. The third-order valence-electron chi connectivity index (χ3n) is 6.64. The van der Waals surface area contributed by atoms with Gasteiger partial charge in [0, 0.05) is 21.2 Å². The van der Waals surface area contributed by atoms with Gasteiger partial charge in [0.2, 0.25) is 0 Å². The lowest BCUT2D eigenvalue weighted by Gasteiger charge is -2.26. The summed E-state index contributed by atoms with van der Waals surface area (Å²) in [5.41, 5.74) is 2.63. The summed E-state index contributed by atoms with van der Waals surface area (Å²) in [5, 5.41) is 1.11. The maximum absolute atomic E-state index is 14.2. The molecule has 7 nitrogen and oxygen atoms in total. The second-order valence-electron chi connectivity index (χ2n) is 10.1. The van der Waals surface area contributed by atoms with Gasteiger partial charge in [-0.2, -0.15) is 0 Å². The van der Waals surface area contributed by atoms with Crippen molar-refractivity contribution in [3.63, 3.8) is 0 Å². The van der Waals surface area contributed by atoms with Gasteiger partial charge in [-0.15, -0.1) is 0 Å². The molecule has 4 aromatic rings. The van der Waals surface area contributed by atoms with Crippen LogP contribution in [0.15, 0.2) is 87.8 Å². The van der Waals surface area contributed by atoms with E-state index in [2.05, 4.69) is 4.99 Å². The minimum atomic E-state index is -0.801. The van der Waals surface area contributed by atoms with E-state index < -0.39 is 12.0 Å². The molecule has 0 amide bonds. The monoisotopic (exact) mass is 636 g/mol. The highest BCUT2D eigenvalue weighted by Gasteiger charge is 2.35. The average molecular weight is 638 g/mol. The third-order valence-corrected chi connectivity index (χ3v) is 8.09. The molecule has 0 fully saturated rings. The van der Waals surface area contributed by atoms with E-state index in [1.165, 1.54) is 15.9 Å². The highest BCUT2D eigenvalue weighted by atomic mass is 35.5. The molecule has 0 radical (unpaired) electrons. The van der Waals surface area contributed by atoms with Gasteiger partial charge in [-0.3, -0.25) is 9.36 Å². The molecule has 1 aliphatic rings. The van der Waals surface area contributed by atoms with E-state index in [1.54, 1.807) is 44.2 Å². The molecule has 3 aromatic carbocycles. The quantitative estimate of drug-likeness (QED) is 0.197. The summed E-state index contributed by atoms with van der Waals surface area (Å²) in [6.07, 6.45) is 1.61. The highest BCUT2D eigenvalue weighted by molar-refractivity contribution is 7.07. The molecular formula is C33H30Cl2N2O5S. The Morgan fingerprint density at radius 2 is 1.81 bits per heavy atom. The number of halogens is 2. The topological polar surface area (TPSA) is 79.1 Å². The first-order chi connectivity index (χ1) is 20.7. The number of allylic oxidation sites excluding steroid dienone is 1. The Balaban J connectivity index is 1.65. The molecule has 2 heterocycles. The highest BCUT2D eigenvalue weighted by Crippen LogP contribution is 2.36. The van der Waals surface area contributed by atoms with Crippen LogP contribution >= 0.6 is 34.5 Å². The van der Waals surface area contributed by atoms with Crippen LogP contribution < -0.4 is 24.4 Å². The first kappa shape index (κ1) is 30.6. The number of nitrogens with zero attached hydrogens (tertiary/aromatic N) is 2. The summed E-state index contributed by atoms with van der Waals surface area (Å²) >= 11 is 13.7. The van der Waals surface area contributed by atoms with Crippen LogP contribution in [0, 0.1) is 0 Å². The molecule has 0 unspecified atom stereocenters. The number of hydrogen-bond acceptors (Lipinski definition) is 7. The second kappa shape index (κ2) is 13.2. The number of para-hydroxylation sites is 1. The largest absolute Gasteiger partial charge is 0.491 e. The van der Waals surface area contributed by atoms with Crippen LogP contribution in [0.4, 0.5) is 0 Å². The van der Waals surface area contributed by atoms with E-state index in [1.807, 2.05) is 56.3 Å². The van der Waals surface area contributed by atoms with Crippen LogP contribution in [-0.2, 0) is 16.1 Å². The molecule has 5 rings (SSSR count). The predicted molar refractivity (Wildman–Crippen MR) is 170 cm³/mol. The number of carbonyl (C=O) groups excluding carboxylic acids is 1. The molecule has 0 saturated carbocycles. The third kappa shape index (κ3) is 6.72. The van der Waals surface area contributed by atoms with Crippen LogP contribution in [0.2, 0.25) is 10.0 Å². The zero-order valence-corrected chi connectivity index (χ0v) is 26.4. The number of aromatic nitrogens is 1. The second-order valence-corrected chi connectivity index (χ2v) is 12.0. The van der Waals surface area contributed by atoms with E-state index in [0.29, 0.717) is 47.7 Å². The molecule has 1 atom stereocenters. The van der Waals surface area contributed by atoms with Crippen molar-refractivity contribution in [2.45, 2.75) is 46.4 Å². The number of thiazole rings is 1. The predicted octanol–water partition coefficient (Wildman–Crippen LogP) is 6.47. The molecular weight excluding hydrogens is 607 g/mol. The minimum Gasteiger partial charge on any atom is -0.491 e. The summed E-state index contributed by atoms with van der Waals surface area (Å²) in [5.74, 6) is 0.583. The summed E-state index contributed by atoms with van der Waals surface area (Å²) in [4.78, 5) is 32.6. The van der Waals surface area contributed by atoms with Crippen LogP contribution in [0.5, 0.6) is 11.5 Å². The Labute approximate surface area is 263 Å². The van der Waals surface area contributed by atoms with Crippen molar-refractivity contribution in [3.05, 3.63) is 124 Å². The number of esters is 1. The van der Waals surface area contributed by atoms with E-state index in [0.717, 1.165) is 5.56 Å². The summed E-state index contributed by atoms with van der Waals surface area (Å²) < 4.78 is 19.6. The van der Waals surface area contributed by atoms with Crippen LogP contribution in [0.3, 0.4) is 0 Å². The molecule has 1 aromatic heterocycles. The van der Waals surface area contributed by atoms with Crippen molar-refractivity contribution in [2.75, 3.05) is 6.61 Å². The average Bonchev–Trinajstić information content (AvgIpc) is 3.26. The first-order valence-electron chi connectivity index (χ1n) is 13.8. The number of hydrogen-bond donors (Lipinski definition) is 0. The maximum atomic E-state index is 14.2. The lowest BCUT2D eigenvalue weighted by molar-refractivity contribution is -0.139. The van der Waals surface area contributed by atoms with Crippen molar-refractivity contribution in [2.24, 2.45) is 4.99 Å². The number of benzene rings is 3. The molecule has 222 valence electrons. The Bertz CT molecular complexity index is 1890. The van der Waals surface area contributed by atoms with Gasteiger partial charge in [0.25, 0.3) is 5.56 Å². The zero-order valence-electron chi connectivity index (χ0n) is 24.1. The Hall–Kier alpha value is -3.85. The smallest absolute Gasteiger partial charge is 0.338 e. The van der Waals surface area contributed by atoms with Crippen LogP contribution in [0.1, 0.15) is 50.4 Å². The lowest BCUT2D eigenvalue weighted by Crippen LogP contribution is -2.40. The molecule has 0 spiro atoms. The van der Waals surface area contributed by atoms with E-state index in [-0.39, 0.29) is 30.5 Å². The van der Waals surface area contributed by atoms with Gasteiger partial charge in [0.05, 0.1) is 28.5 Å². The Morgan fingerprint density at radius 3 is 2.56 bits per heavy atom. The van der Waals surface area contributed by atoms with Gasteiger partial charge in [0.15, 0.2) is 4.80 Å². The van der Waals surface area contributed by atoms with Crippen LogP contribution in [0.25, 0.3) is 6.08 Å². The van der Waals surface area contributed by atoms with Crippen molar-refractivity contribution < 1.29 is 19.0 Å². The molecule has 10 heteroatoms. The normalized spacial score (nSPS) is 14.9. The molecule has 0 N–H and O–H groups in total.